The first-order valence-corrected chi connectivity index (χ1v) is 30.5. The molecule has 27 heteroatoms. The van der Waals surface area contributed by atoms with Gasteiger partial charge in [0.25, 0.3) is 11.8 Å². The fourth-order valence-corrected chi connectivity index (χ4v) is 14.9. The van der Waals surface area contributed by atoms with E-state index in [1.807, 2.05) is 94.7 Å². The van der Waals surface area contributed by atoms with E-state index in [0.29, 0.717) is 59.5 Å². The normalized spacial score (nSPS) is 20.3. The summed E-state index contributed by atoms with van der Waals surface area (Å²) in [6.07, 6.45) is 17.3. The molecule has 4 saturated heterocycles. The van der Waals surface area contributed by atoms with Crippen LogP contribution < -0.4 is 11.5 Å². The van der Waals surface area contributed by atoms with E-state index in [9.17, 15) is 26.4 Å². The van der Waals surface area contributed by atoms with E-state index in [0.717, 1.165) is 71.8 Å². The van der Waals surface area contributed by atoms with Crippen molar-refractivity contribution in [1.82, 2.24) is 79.3 Å². The van der Waals surface area contributed by atoms with Crippen molar-refractivity contribution in [2.45, 2.75) is 97.2 Å². The van der Waals surface area contributed by atoms with Crippen LogP contribution in [0.3, 0.4) is 0 Å². The molecule has 12 heterocycles. The van der Waals surface area contributed by atoms with Crippen molar-refractivity contribution >= 4 is 66.8 Å². The van der Waals surface area contributed by atoms with Gasteiger partial charge in [-0.3, -0.25) is 29.8 Å². The smallest absolute Gasteiger partial charge is 0.291 e. The van der Waals surface area contributed by atoms with E-state index in [1.54, 1.807) is 24.8 Å². The molecule has 14 rings (SSSR count). The SMILES string of the molecule is CS(=O)(=O)c1c(C2C[C@H]3CC[C@@H](C2)N3C(=O)c2ncn[nH]2)nc2c(-c3ccc(-c4ccccc4)nc3)cnn2c1N.CS(=O)(=O)c1c(C2C[C@H]3CC[C@@H](C2)N3C(=O)c2ncn[nH]2)nc2c(-c3ccc(-c4ccccc4)nc3)cnn2c1N.Cl. The highest BCUT2D eigenvalue weighted by Gasteiger charge is 2.48. The fourth-order valence-electron chi connectivity index (χ4n) is 12.7. The summed E-state index contributed by atoms with van der Waals surface area (Å²) in [4.78, 5) is 57.2. The van der Waals surface area contributed by atoms with Crippen molar-refractivity contribution in [3.8, 4) is 44.8 Å². The monoisotopic (exact) mass is 1170 g/mol. The Bertz CT molecular complexity index is 4000. The highest BCUT2D eigenvalue weighted by Crippen LogP contribution is 2.48. The van der Waals surface area contributed by atoms with Gasteiger partial charge in [-0.05, 0) is 63.5 Å². The average Bonchev–Trinajstić information content (AvgIpc) is 4.51. The van der Waals surface area contributed by atoms with E-state index < -0.39 is 19.7 Å². The summed E-state index contributed by atoms with van der Waals surface area (Å²) in [5, 5.41) is 21.8. The van der Waals surface area contributed by atoms with Crippen LogP contribution in [-0.4, -0.2) is 145 Å². The predicted molar refractivity (Wildman–Crippen MR) is 308 cm³/mol. The summed E-state index contributed by atoms with van der Waals surface area (Å²) in [6, 6.07) is 27.2. The summed E-state index contributed by atoms with van der Waals surface area (Å²) < 4.78 is 55.0. The molecule has 4 fully saturated rings. The van der Waals surface area contributed by atoms with Crippen LogP contribution in [0.1, 0.15) is 95.8 Å². The molecule has 2 unspecified atom stereocenters. The third kappa shape index (κ3) is 9.88. The van der Waals surface area contributed by atoms with Crippen LogP contribution in [0.15, 0.2) is 132 Å². The lowest BCUT2D eigenvalue weighted by Gasteiger charge is -2.38. The maximum atomic E-state index is 13.1. The zero-order valence-corrected chi connectivity index (χ0v) is 47.2. The number of nitrogen functional groups attached to an aromatic ring is 2. The van der Waals surface area contributed by atoms with Crippen molar-refractivity contribution in [2.75, 3.05) is 24.0 Å². The van der Waals surface area contributed by atoms with Crippen LogP contribution in [0.25, 0.3) is 56.1 Å². The molecule has 6 atom stereocenters. The molecule has 24 nitrogen and oxygen atoms in total. The molecule has 0 saturated carbocycles. The molecular weight excluding hydrogens is 1120 g/mol. The molecule has 83 heavy (non-hydrogen) atoms. The maximum Gasteiger partial charge on any atom is 0.291 e. The second-order valence-electron chi connectivity index (χ2n) is 21.4. The van der Waals surface area contributed by atoms with Crippen molar-refractivity contribution in [3.63, 3.8) is 0 Å². The third-order valence-electron chi connectivity index (χ3n) is 16.3. The van der Waals surface area contributed by atoms with Gasteiger partial charge in [0.1, 0.15) is 34.1 Å². The fraction of sp³-hybridized carbons (Fsp3) is 0.286. The summed E-state index contributed by atoms with van der Waals surface area (Å²) in [5.41, 5.74) is 21.5. The van der Waals surface area contributed by atoms with E-state index in [1.165, 1.54) is 21.7 Å². The van der Waals surface area contributed by atoms with Gasteiger partial charge >= 0.3 is 0 Å². The van der Waals surface area contributed by atoms with Crippen LogP contribution in [0.5, 0.6) is 0 Å². The first-order chi connectivity index (χ1) is 39.6. The molecule has 2 amide bonds. The van der Waals surface area contributed by atoms with Crippen LogP contribution in [0.4, 0.5) is 11.6 Å². The number of hydrogen-bond donors (Lipinski definition) is 4. The number of carbonyl (C=O) groups excluding carboxylic acids is 2. The highest BCUT2D eigenvalue weighted by molar-refractivity contribution is 7.91. The number of anilines is 2. The second kappa shape index (κ2) is 21.4. The molecule has 4 aliphatic rings. The first kappa shape index (κ1) is 54.6. The van der Waals surface area contributed by atoms with Crippen molar-refractivity contribution < 1.29 is 26.4 Å². The molecule has 8 aromatic heterocycles. The Balaban J connectivity index is 0.000000162. The summed E-state index contributed by atoms with van der Waals surface area (Å²) in [7, 11) is -7.48. The molecule has 424 valence electrons. The summed E-state index contributed by atoms with van der Waals surface area (Å²) in [6.45, 7) is 0. The number of amides is 2. The lowest BCUT2D eigenvalue weighted by molar-refractivity contribution is 0.0548. The number of aromatic nitrogens is 14. The minimum absolute atomic E-state index is 0. The number of nitrogens with zero attached hydrogens (tertiary/aromatic N) is 14. The number of nitrogens with two attached hydrogens (primary N) is 2. The van der Waals surface area contributed by atoms with Gasteiger partial charge in [-0.1, -0.05) is 72.8 Å². The van der Waals surface area contributed by atoms with Gasteiger partial charge in [-0.2, -0.15) is 29.4 Å². The first-order valence-electron chi connectivity index (χ1n) is 26.7. The minimum Gasteiger partial charge on any atom is -0.382 e. The van der Waals surface area contributed by atoms with Gasteiger partial charge in [0.05, 0.1) is 35.2 Å². The van der Waals surface area contributed by atoms with Gasteiger partial charge in [-0.25, -0.2) is 36.8 Å². The quantitative estimate of drug-likeness (QED) is 0.111. The molecule has 4 aliphatic heterocycles. The highest BCUT2D eigenvalue weighted by atomic mass is 35.5. The summed E-state index contributed by atoms with van der Waals surface area (Å²) >= 11 is 0. The third-order valence-corrected chi connectivity index (χ3v) is 18.6. The number of halogens is 1. The molecule has 0 radical (unpaired) electrons. The number of aromatic amines is 2. The molecule has 10 aromatic rings. The number of piperidine rings is 2. The summed E-state index contributed by atoms with van der Waals surface area (Å²) in [5.74, 6) is -0.323. The standard InChI is InChI=1S/2C28H27N9O3S.ClH/c2*1-41(39,40)24-23(18-11-19-8-9-20(12-18)36(19)28(38)26-31-15-32-35-26)34-27-21(14-33-37(27)25(24)29)17-7-10-22(30-13-17)16-5-3-2-4-6-16;/h2*2-7,10,13-15,18-20H,8-9,11-12,29H2,1H3,(H,31,32,35);1H/t2*18?,19-,20+;. The van der Waals surface area contributed by atoms with E-state index in [-0.39, 0.29) is 93.3 Å². The number of sulfone groups is 2. The molecule has 4 bridgehead atoms. The predicted octanol–water partition coefficient (Wildman–Crippen LogP) is 6.65. The zero-order chi connectivity index (χ0) is 56.6. The van der Waals surface area contributed by atoms with Crippen LogP contribution in [0.2, 0.25) is 0 Å². The topological polar surface area (TPSA) is 330 Å². The Hall–Kier alpha value is -9.01. The van der Waals surface area contributed by atoms with Gasteiger partial charge in [0, 0.05) is 94.3 Å². The molecule has 6 N–H and O–H groups in total. The second-order valence-corrected chi connectivity index (χ2v) is 25.3. The lowest BCUT2D eigenvalue weighted by atomic mass is 9.87. The van der Waals surface area contributed by atoms with E-state index >= 15 is 0 Å². The van der Waals surface area contributed by atoms with Crippen LogP contribution in [0, 0.1) is 0 Å². The van der Waals surface area contributed by atoms with Crippen molar-refractivity contribution in [1.29, 1.82) is 0 Å². The number of hydrogen-bond acceptors (Lipinski definition) is 18. The Morgan fingerprint density at radius 1 is 0.506 bits per heavy atom. The zero-order valence-electron chi connectivity index (χ0n) is 44.8. The van der Waals surface area contributed by atoms with Gasteiger partial charge in [-0.15, -0.1) is 12.4 Å². The Labute approximate surface area is 481 Å². The number of nitrogens with one attached hydrogen (secondary N) is 2. The lowest BCUT2D eigenvalue weighted by Crippen LogP contribution is -2.46. The minimum atomic E-state index is -3.74. The number of fused-ring (bicyclic) bond motifs is 6. The maximum absolute atomic E-state index is 13.1. The van der Waals surface area contributed by atoms with Crippen molar-refractivity contribution in [2.24, 2.45) is 0 Å². The number of H-pyrrole nitrogens is 2. The molecular formula is C56H55ClN18O6S2. The van der Waals surface area contributed by atoms with E-state index in [4.69, 9.17) is 21.4 Å². The largest absolute Gasteiger partial charge is 0.382 e. The van der Waals surface area contributed by atoms with Gasteiger partial charge < -0.3 is 21.3 Å². The Morgan fingerprint density at radius 3 is 1.19 bits per heavy atom. The Kier molecular flexibility index (Phi) is 14.1. The average molecular weight is 1180 g/mol. The number of pyridine rings is 2. The molecule has 0 spiro atoms. The van der Waals surface area contributed by atoms with Crippen LogP contribution >= 0.6 is 12.4 Å². The number of benzene rings is 2. The Morgan fingerprint density at radius 2 is 0.880 bits per heavy atom. The molecule has 0 aliphatic carbocycles. The van der Waals surface area contributed by atoms with Crippen molar-refractivity contribution in [3.05, 3.63) is 145 Å². The van der Waals surface area contributed by atoms with Gasteiger partial charge in [0.15, 0.2) is 31.0 Å². The van der Waals surface area contributed by atoms with E-state index in [2.05, 4.69) is 50.5 Å². The van der Waals surface area contributed by atoms with Gasteiger partial charge in [0.2, 0.25) is 11.6 Å². The van der Waals surface area contributed by atoms with Crippen LogP contribution in [-0.2, 0) is 19.7 Å². The number of rotatable bonds is 10. The molecule has 2 aromatic carbocycles. The number of carbonyl (C=O) groups is 2.